The molecule has 7 nitrogen and oxygen atoms in total. The maximum atomic E-state index is 13.2. The number of pyridine rings is 1. The molecule has 2 N–H and O–H groups in total. The Kier molecular flexibility index (Phi) is 5.74. The lowest BCUT2D eigenvalue weighted by atomic mass is 10.1. The van der Waals surface area contributed by atoms with E-state index in [2.05, 4.69) is 35.8 Å². The second kappa shape index (κ2) is 9.23. The third-order valence-corrected chi connectivity index (χ3v) is 7.33. The number of para-hydroxylation sites is 1. The number of piperidine rings is 1. The minimum atomic E-state index is 0.00906. The van der Waals surface area contributed by atoms with Crippen molar-refractivity contribution in [2.75, 3.05) is 13.1 Å². The number of imidazole rings is 1. The SMILES string of the molecule is Cc1c(-c2cc3ccccc3n2Cc2ccc(C#N)cc2)nc2cc(C(=O)N3CCCC(N)C3)ccn12. The van der Waals surface area contributed by atoms with E-state index in [-0.39, 0.29) is 11.9 Å². The quantitative estimate of drug-likeness (QED) is 0.395. The lowest BCUT2D eigenvalue weighted by Gasteiger charge is -2.30. The number of carbonyl (C=O) groups excluding carboxylic acids is 1. The molecular formula is C30H28N6O. The topological polar surface area (TPSA) is 92.3 Å². The molecule has 6 rings (SSSR count). The maximum Gasteiger partial charge on any atom is 0.254 e. The lowest BCUT2D eigenvalue weighted by Crippen LogP contribution is -2.45. The van der Waals surface area contributed by atoms with Gasteiger partial charge in [0.2, 0.25) is 0 Å². The van der Waals surface area contributed by atoms with Gasteiger partial charge in [-0.05, 0) is 61.7 Å². The van der Waals surface area contributed by atoms with Crippen molar-refractivity contribution in [3.63, 3.8) is 0 Å². The zero-order valence-electron chi connectivity index (χ0n) is 20.8. The number of nitriles is 1. The van der Waals surface area contributed by atoms with E-state index in [1.807, 2.05) is 64.0 Å². The Morgan fingerprint density at radius 2 is 1.95 bits per heavy atom. The standard InChI is InChI=1S/C30H28N6O/c1-20-29(33-28-16-24(12-14-35(20)28)30(37)34-13-4-6-25(32)19-34)27-15-23-5-2-3-7-26(23)36(27)18-22-10-8-21(17-31)9-11-22/h2-3,5,7-12,14-16,25H,4,6,13,18-19,32H2,1H3. The molecule has 4 heterocycles. The van der Waals surface area contributed by atoms with E-state index in [9.17, 15) is 4.79 Å². The molecule has 5 aromatic rings. The van der Waals surface area contributed by atoms with Crippen molar-refractivity contribution in [2.24, 2.45) is 5.73 Å². The van der Waals surface area contributed by atoms with Crippen molar-refractivity contribution in [3.05, 3.63) is 95.3 Å². The Hall–Kier alpha value is -4.41. The van der Waals surface area contributed by atoms with E-state index in [1.54, 1.807) is 0 Å². The van der Waals surface area contributed by atoms with Crippen molar-refractivity contribution >= 4 is 22.5 Å². The number of aromatic nitrogens is 3. The fraction of sp³-hybridized carbons (Fsp3) is 0.233. The van der Waals surface area contributed by atoms with Crippen LogP contribution in [0.5, 0.6) is 0 Å². The van der Waals surface area contributed by atoms with Crippen LogP contribution in [0.4, 0.5) is 0 Å². The van der Waals surface area contributed by atoms with Crippen molar-refractivity contribution in [1.29, 1.82) is 5.26 Å². The second-order valence-electron chi connectivity index (χ2n) is 9.83. The molecule has 7 heteroatoms. The van der Waals surface area contributed by atoms with Crippen LogP contribution in [-0.4, -0.2) is 43.9 Å². The summed E-state index contributed by atoms with van der Waals surface area (Å²) in [5, 5.41) is 10.3. The van der Waals surface area contributed by atoms with Gasteiger partial charge in [0.1, 0.15) is 11.3 Å². The summed E-state index contributed by atoms with van der Waals surface area (Å²) >= 11 is 0. The number of rotatable bonds is 4. The predicted octanol–water partition coefficient (Wildman–Crippen LogP) is 4.75. The van der Waals surface area contributed by atoms with Gasteiger partial charge in [-0.25, -0.2) is 4.98 Å². The Labute approximate surface area is 215 Å². The van der Waals surface area contributed by atoms with Crippen LogP contribution in [0.15, 0.2) is 72.9 Å². The van der Waals surface area contributed by atoms with Gasteiger partial charge < -0.3 is 19.6 Å². The van der Waals surface area contributed by atoms with Gasteiger partial charge in [0, 0.05) is 54.0 Å². The third-order valence-electron chi connectivity index (χ3n) is 7.33. The summed E-state index contributed by atoms with van der Waals surface area (Å²) < 4.78 is 4.31. The molecule has 37 heavy (non-hydrogen) atoms. The molecule has 1 atom stereocenters. The number of hydrogen-bond donors (Lipinski definition) is 1. The predicted molar refractivity (Wildman–Crippen MR) is 144 cm³/mol. The Bertz CT molecular complexity index is 1670. The average Bonchev–Trinajstić information content (AvgIpc) is 3.45. The van der Waals surface area contributed by atoms with E-state index >= 15 is 0 Å². The van der Waals surface area contributed by atoms with Gasteiger partial charge in [0.15, 0.2) is 0 Å². The van der Waals surface area contributed by atoms with E-state index in [1.165, 1.54) is 0 Å². The summed E-state index contributed by atoms with van der Waals surface area (Å²) in [6.07, 6.45) is 3.83. The van der Waals surface area contributed by atoms with E-state index in [0.29, 0.717) is 24.2 Å². The van der Waals surface area contributed by atoms with Crippen molar-refractivity contribution in [1.82, 2.24) is 18.9 Å². The molecule has 1 unspecified atom stereocenters. The zero-order valence-corrected chi connectivity index (χ0v) is 20.8. The summed E-state index contributed by atoms with van der Waals surface area (Å²) in [6, 6.07) is 24.2. The van der Waals surface area contributed by atoms with Crippen LogP contribution < -0.4 is 5.73 Å². The minimum absolute atomic E-state index is 0.00906. The number of likely N-dealkylation sites (tertiary alicyclic amines) is 1. The summed E-state index contributed by atoms with van der Waals surface area (Å²) in [6.45, 7) is 4.05. The van der Waals surface area contributed by atoms with Crippen LogP contribution in [-0.2, 0) is 6.54 Å². The molecule has 0 aliphatic carbocycles. The number of nitrogens with two attached hydrogens (primary N) is 1. The van der Waals surface area contributed by atoms with Crippen LogP contribution in [0.3, 0.4) is 0 Å². The van der Waals surface area contributed by atoms with Crippen LogP contribution in [0.2, 0.25) is 0 Å². The first-order valence-electron chi connectivity index (χ1n) is 12.6. The summed E-state index contributed by atoms with van der Waals surface area (Å²) in [5.74, 6) is 0.00906. The Morgan fingerprint density at radius 1 is 1.14 bits per heavy atom. The molecule has 3 aromatic heterocycles. The zero-order chi connectivity index (χ0) is 25.5. The molecule has 184 valence electrons. The summed E-state index contributed by atoms with van der Waals surface area (Å²) in [7, 11) is 0. The summed E-state index contributed by atoms with van der Waals surface area (Å²) in [5.41, 5.74) is 13.3. The number of fused-ring (bicyclic) bond motifs is 2. The van der Waals surface area contributed by atoms with Crippen LogP contribution in [0.25, 0.3) is 27.9 Å². The van der Waals surface area contributed by atoms with Crippen molar-refractivity contribution in [3.8, 4) is 17.5 Å². The van der Waals surface area contributed by atoms with E-state index in [4.69, 9.17) is 16.0 Å². The smallest absolute Gasteiger partial charge is 0.254 e. The van der Waals surface area contributed by atoms with Gasteiger partial charge >= 0.3 is 0 Å². The van der Waals surface area contributed by atoms with Crippen LogP contribution in [0, 0.1) is 18.3 Å². The first-order chi connectivity index (χ1) is 18.0. The van der Waals surface area contributed by atoms with Gasteiger partial charge in [-0.3, -0.25) is 4.79 Å². The largest absolute Gasteiger partial charge is 0.337 e. The molecule has 1 aliphatic heterocycles. The number of benzene rings is 2. The minimum Gasteiger partial charge on any atom is -0.337 e. The molecule has 0 bridgehead atoms. The number of carbonyl (C=O) groups is 1. The molecule has 0 radical (unpaired) electrons. The third kappa shape index (κ3) is 4.15. The van der Waals surface area contributed by atoms with Gasteiger partial charge in [0.25, 0.3) is 5.91 Å². The molecule has 1 fully saturated rings. The summed E-state index contributed by atoms with van der Waals surface area (Å²) in [4.78, 5) is 20.0. The number of nitrogens with zero attached hydrogens (tertiary/aromatic N) is 5. The monoisotopic (exact) mass is 488 g/mol. The van der Waals surface area contributed by atoms with E-state index in [0.717, 1.165) is 58.6 Å². The van der Waals surface area contributed by atoms with Crippen LogP contribution in [0.1, 0.15) is 40.0 Å². The van der Waals surface area contributed by atoms with Gasteiger partial charge in [-0.2, -0.15) is 5.26 Å². The Balaban J connectivity index is 1.42. The molecule has 1 amide bonds. The van der Waals surface area contributed by atoms with Gasteiger partial charge in [0.05, 0.1) is 17.3 Å². The van der Waals surface area contributed by atoms with Gasteiger partial charge in [-0.15, -0.1) is 0 Å². The average molecular weight is 489 g/mol. The number of amides is 1. The fourth-order valence-corrected chi connectivity index (χ4v) is 5.36. The molecule has 1 saturated heterocycles. The Morgan fingerprint density at radius 3 is 2.73 bits per heavy atom. The highest BCUT2D eigenvalue weighted by Gasteiger charge is 2.24. The molecule has 1 aliphatic rings. The first-order valence-corrected chi connectivity index (χ1v) is 12.6. The van der Waals surface area contributed by atoms with Crippen molar-refractivity contribution < 1.29 is 4.79 Å². The molecule has 0 saturated carbocycles. The normalized spacial score (nSPS) is 15.8. The van der Waals surface area contributed by atoms with Crippen LogP contribution >= 0.6 is 0 Å². The molecule has 2 aromatic carbocycles. The van der Waals surface area contributed by atoms with Gasteiger partial charge in [-0.1, -0.05) is 30.3 Å². The number of aryl methyl sites for hydroxylation is 1. The molecule has 0 spiro atoms. The fourth-order valence-electron chi connectivity index (χ4n) is 5.36. The maximum absolute atomic E-state index is 13.2. The highest BCUT2D eigenvalue weighted by Crippen LogP contribution is 2.31. The highest BCUT2D eigenvalue weighted by molar-refractivity contribution is 5.95. The highest BCUT2D eigenvalue weighted by atomic mass is 16.2. The second-order valence-corrected chi connectivity index (χ2v) is 9.83. The lowest BCUT2D eigenvalue weighted by molar-refractivity contribution is 0.0709. The number of hydrogen-bond acceptors (Lipinski definition) is 4. The van der Waals surface area contributed by atoms with E-state index < -0.39 is 0 Å². The molecular weight excluding hydrogens is 460 g/mol. The first kappa shape index (κ1) is 23.0. The van der Waals surface area contributed by atoms with Crippen molar-refractivity contribution in [2.45, 2.75) is 32.4 Å².